The first-order valence-corrected chi connectivity index (χ1v) is 28.4. The predicted octanol–water partition coefficient (Wildman–Crippen LogP) is 8.04. The Labute approximate surface area is 457 Å². The van der Waals surface area contributed by atoms with E-state index in [1.165, 1.54) is 62.0 Å². The van der Waals surface area contributed by atoms with E-state index in [4.69, 9.17) is 18.9 Å². The standard InChI is InChI=1S/C58H57FN8O10S2/c1-74-49-23-14-39(34-47(49)59)36-64-26-30-67(31-27-64)58(69)43-19-22-48(63-78(70,71)52-13-5-8-40-10-6-24-60-53(40)52)51(35-43)77-38-45-16-15-41-11-7-25-61-54(41)56(45)79(72,73)62-46-20-17-42(18-21-46)57(68)66-32-28-65(29-33-66)37-44-9-4-12-50(75-2)55(44)76-3/h4-25,34-35,62-63H,26-33,36-38H2,1-3H3. The van der Waals surface area contributed by atoms with Gasteiger partial charge in [-0.2, -0.15) is 0 Å². The summed E-state index contributed by atoms with van der Waals surface area (Å²) in [5.41, 5.74) is 3.06. The van der Waals surface area contributed by atoms with Gasteiger partial charge in [-0.3, -0.25) is 38.8 Å². The zero-order valence-corrected chi connectivity index (χ0v) is 45.2. The van der Waals surface area contributed by atoms with Crippen LogP contribution in [0.15, 0.2) is 156 Å². The number of para-hydroxylation sites is 2. The average Bonchev–Trinajstić information content (AvgIpc) is 3.47. The number of methoxy groups -OCH3 is 3. The van der Waals surface area contributed by atoms with Gasteiger partial charge in [0, 0.05) is 117 Å². The molecule has 0 saturated carbocycles. The molecule has 408 valence electrons. The molecule has 8 aromatic rings. The number of halogens is 1. The van der Waals surface area contributed by atoms with Gasteiger partial charge < -0.3 is 28.7 Å². The maximum atomic E-state index is 14.7. The summed E-state index contributed by atoms with van der Waals surface area (Å²) >= 11 is 0. The Balaban J connectivity index is 0.874. The molecule has 2 aromatic heterocycles. The van der Waals surface area contributed by atoms with Crippen molar-refractivity contribution in [3.8, 4) is 23.0 Å². The number of carbonyl (C=O) groups is 2. The SMILES string of the molecule is COc1ccc(CN2CCN(C(=O)c3ccc(NS(=O)(=O)c4cccc5cccnc45)c(OCc4ccc5cccnc5c4S(=O)(=O)Nc4ccc(C(=O)N5CCN(Cc6cccc(OC)c6OC)CC5)cc4)c3)CC2)cc1F. The summed E-state index contributed by atoms with van der Waals surface area (Å²) in [6.07, 6.45) is 2.97. The molecule has 2 fully saturated rings. The fourth-order valence-electron chi connectivity index (χ4n) is 9.94. The first kappa shape index (κ1) is 54.0. The summed E-state index contributed by atoms with van der Waals surface area (Å²) in [4.78, 5) is 44.3. The fraction of sp³-hybridized carbons (Fsp3) is 0.241. The molecule has 0 unspecified atom stereocenters. The Morgan fingerprint density at radius 2 is 1.18 bits per heavy atom. The number of piperazine rings is 2. The Morgan fingerprint density at radius 3 is 1.85 bits per heavy atom. The summed E-state index contributed by atoms with van der Waals surface area (Å²) in [6.45, 7) is 4.64. The van der Waals surface area contributed by atoms with Gasteiger partial charge >= 0.3 is 0 Å². The van der Waals surface area contributed by atoms with Gasteiger partial charge in [0.15, 0.2) is 23.1 Å². The number of nitrogens with zero attached hydrogens (tertiary/aromatic N) is 6. The molecule has 18 nitrogen and oxygen atoms in total. The molecule has 79 heavy (non-hydrogen) atoms. The number of hydrogen-bond acceptors (Lipinski definition) is 14. The van der Waals surface area contributed by atoms with E-state index < -0.39 is 32.5 Å². The highest BCUT2D eigenvalue weighted by molar-refractivity contribution is 7.93. The highest BCUT2D eigenvalue weighted by Gasteiger charge is 2.29. The van der Waals surface area contributed by atoms with Gasteiger partial charge in [-0.15, -0.1) is 0 Å². The second-order valence-electron chi connectivity index (χ2n) is 19.0. The van der Waals surface area contributed by atoms with Crippen molar-refractivity contribution in [2.45, 2.75) is 29.5 Å². The zero-order chi connectivity index (χ0) is 55.3. The molecule has 2 saturated heterocycles. The van der Waals surface area contributed by atoms with Crippen molar-refractivity contribution in [3.05, 3.63) is 179 Å². The van der Waals surface area contributed by atoms with Crippen LogP contribution in [0.5, 0.6) is 23.0 Å². The van der Waals surface area contributed by atoms with Crippen LogP contribution in [0.3, 0.4) is 0 Å². The van der Waals surface area contributed by atoms with Crippen LogP contribution in [0.25, 0.3) is 21.8 Å². The van der Waals surface area contributed by atoms with Crippen molar-refractivity contribution in [3.63, 3.8) is 0 Å². The summed E-state index contributed by atoms with van der Waals surface area (Å²) in [7, 11) is -4.17. The number of aromatic nitrogens is 2. The third-order valence-corrected chi connectivity index (χ3v) is 16.9. The molecule has 2 N–H and O–H groups in total. The normalized spacial score (nSPS) is 14.5. The number of sulfonamides is 2. The van der Waals surface area contributed by atoms with Gasteiger partial charge in [0.1, 0.15) is 22.1 Å². The number of amides is 2. The Kier molecular flexibility index (Phi) is 15.9. The molecule has 0 bridgehead atoms. The quantitative estimate of drug-likeness (QED) is 0.0836. The van der Waals surface area contributed by atoms with Crippen LogP contribution >= 0.6 is 0 Å². The van der Waals surface area contributed by atoms with Gasteiger partial charge in [0.05, 0.1) is 38.1 Å². The minimum Gasteiger partial charge on any atom is -0.494 e. The van der Waals surface area contributed by atoms with Gasteiger partial charge in [-0.25, -0.2) is 21.2 Å². The molecule has 21 heteroatoms. The van der Waals surface area contributed by atoms with Crippen LogP contribution in [0.1, 0.15) is 37.4 Å². The molecule has 2 amide bonds. The fourth-order valence-corrected chi connectivity index (χ4v) is 12.6. The molecule has 10 rings (SSSR count). The lowest BCUT2D eigenvalue weighted by Gasteiger charge is -2.35. The van der Waals surface area contributed by atoms with E-state index >= 15 is 0 Å². The van der Waals surface area contributed by atoms with Crippen molar-refractivity contribution in [2.75, 3.05) is 83.1 Å². The van der Waals surface area contributed by atoms with Crippen LogP contribution in [0.2, 0.25) is 0 Å². The monoisotopic (exact) mass is 1110 g/mol. The molecule has 4 heterocycles. The average molecular weight is 1110 g/mol. The number of hydrogen-bond donors (Lipinski definition) is 2. The van der Waals surface area contributed by atoms with Gasteiger partial charge in [-0.1, -0.05) is 54.6 Å². The number of pyridine rings is 2. The first-order valence-electron chi connectivity index (χ1n) is 25.4. The maximum Gasteiger partial charge on any atom is 0.264 e. The number of ether oxygens (including phenoxy) is 4. The summed E-state index contributed by atoms with van der Waals surface area (Å²) in [5, 5.41) is 1.13. The number of carbonyl (C=O) groups excluding carboxylic acids is 2. The van der Waals surface area contributed by atoms with Crippen molar-refractivity contribution in [1.29, 1.82) is 0 Å². The number of fused-ring (bicyclic) bond motifs is 2. The van der Waals surface area contributed by atoms with Crippen molar-refractivity contribution < 1.29 is 49.8 Å². The Bertz CT molecular complexity index is 3790. The third kappa shape index (κ3) is 11.9. The first-order chi connectivity index (χ1) is 38.2. The van der Waals surface area contributed by atoms with Crippen LogP contribution in [-0.4, -0.2) is 132 Å². The van der Waals surface area contributed by atoms with E-state index in [1.807, 2.05) is 18.2 Å². The molecule has 0 spiro atoms. The van der Waals surface area contributed by atoms with Crippen molar-refractivity contribution >= 4 is 65.0 Å². The zero-order valence-electron chi connectivity index (χ0n) is 43.6. The lowest BCUT2D eigenvalue weighted by atomic mass is 10.1. The molecular formula is C58H57FN8O10S2. The van der Waals surface area contributed by atoms with E-state index in [0.717, 1.165) is 11.1 Å². The van der Waals surface area contributed by atoms with Crippen molar-refractivity contribution in [2.24, 2.45) is 0 Å². The van der Waals surface area contributed by atoms with Crippen LogP contribution in [-0.2, 0) is 39.7 Å². The van der Waals surface area contributed by atoms with E-state index in [1.54, 1.807) is 96.8 Å². The van der Waals surface area contributed by atoms with Crippen LogP contribution in [0.4, 0.5) is 15.8 Å². The highest BCUT2D eigenvalue weighted by Crippen LogP contribution is 2.35. The number of nitrogens with one attached hydrogen (secondary N) is 2. The molecule has 0 atom stereocenters. The molecular weight excluding hydrogens is 1050 g/mol. The van der Waals surface area contributed by atoms with Crippen LogP contribution in [0, 0.1) is 5.82 Å². The number of rotatable bonds is 18. The minimum absolute atomic E-state index is 0.0205. The minimum atomic E-state index is -4.45. The lowest BCUT2D eigenvalue weighted by molar-refractivity contribution is 0.0621. The molecule has 0 aliphatic carbocycles. The second kappa shape index (κ2) is 23.3. The van der Waals surface area contributed by atoms with E-state index in [-0.39, 0.29) is 66.6 Å². The largest absolute Gasteiger partial charge is 0.494 e. The molecule has 2 aliphatic heterocycles. The van der Waals surface area contributed by atoms with Gasteiger partial charge in [0.25, 0.3) is 31.9 Å². The molecule has 6 aromatic carbocycles. The predicted molar refractivity (Wildman–Crippen MR) is 297 cm³/mol. The summed E-state index contributed by atoms with van der Waals surface area (Å²) < 4.78 is 100. The smallest absolute Gasteiger partial charge is 0.264 e. The van der Waals surface area contributed by atoms with E-state index in [0.29, 0.717) is 93.3 Å². The third-order valence-electron chi connectivity index (χ3n) is 14.0. The molecule has 0 radical (unpaired) electrons. The number of anilines is 2. The van der Waals surface area contributed by atoms with E-state index in [2.05, 4.69) is 29.2 Å². The van der Waals surface area contributed by atoms with Crippen LogP contribution < -0.4 is 28.4 Å². The maximum absolute atomic E-state index is 14.7. The Hall–Kier alpha value is -8.37. The summed E-state index contributed by atoms with van der Waals surface area (Å²) in [5.74, 6) is 0.441. The van der Waals surface area contributed by atoms with Gasteiger partial charge in [0.2, 0.25) is 0 Å². The van der Waals surface area contributed by atoms with Crippen molar-refractivity contribution in [1.82, 2.24) is 29.6 Å². The molecule has 2 aliphatic rings. The van der Waals surface area contributed by atoms with Gasteiger partial charge in [-0.05, 0) is 84.4 Å². The summed E-state index contributed by atoms with van der Waals surface area (Å²) in [6, 6.07) is 36.1. The highest BCUT2D eigenvalue weighted by atomic mass is 32.2. The Morgan fingerprint density at radius 1 is 0.557 bits per heavy atom. The topological polar surface area (TPSA) is 202 Å². The lowest BCUT2D eigenvalue weighted by Crippen LogP contribution is -2.48. The number of benzene rings is 6. The second-order valence-corrected chi connectivity index (χ2v) is 22.3. The van der Waals surface area contributed by atoms with E-state index in [9.17, 15) is 30.8 Å².